The second-order valence-corrected chi connectivity index (χ2v) is 6.44. The number of benzene rings is 1. The summed E-state index contributed by atoms with van der Waals surface area (Å²) in [5.74, 6) is 0.641. The molecule has 1 fully saturated rings. The molecule has 0 radical (unpaired) electrons. The molecule has 1 atom stereocenters. The molecule has 128 valence electrons. The van der Waals surface area contributed by atoms with Gasteiger partial charge in [0, 0.05) is 36.7 Å². The summed E-state index contributed by atoms with van der Waals surface area (Å²) in [6, 6.07) is 2.25. The average Bonchev–Trinajstić information content (AvgIpc) is 2.49. The highest BCUT2D eigenvalue weighted by atomic mass is 79.9. The van der Waals surface area contributed by atoms with Crippen molar-refractivity contribution in [2.24, 2.45) is 0 Å². The molecular weight excluding hydrogens is 459 g/mol. The molecule has 22 heavy (non-hydrogen) atoms. The smallest absolute Gasteiger partial charge is 0.173 e. The molecular formula is C14H22Br2Cl2N2O2. The van der Waals surface area contributed by atoms with Crippen LogP contribution in [0.25, 0.3) is 0 Å². The Labute approximate surface area is 161 Å². The minimum absolute atomic E-state index is 0. The molecule has 1 saturated heterocycles. The molecule has 0 unspecified atom stereocenters. The van der Waals surface area contributed by atoms with E-state index >= 15 is 0 Å². The van der Waals surface area contributed by atoms with E-state index < -0.39 is 0 Å². The van der Waals surface area contributed by atoms with Crippen molar-refractivity contribution in [2.75, 3.05) is 33.3 Å². The van der Waals surface area contributed by atoms with Crippen LogP contribution in [0.15, 0.2) is 15.0 Å². The minimum atomic E-state index is 0. The third-order valence-corrected chi connectivity index (χ3v) is 5.89. The predicted octanol–water partition coefficient (Wildman–Crippen LogP) is 4.13. The van der Waals surface area contributed by atoms with Crippen molar-refractivity contribution in [1.29, 1.82) is 0 Å². The van der Waals surface area contributed by atoms with E-state index in [4.69, 9.17) is 4.74 Å². The van der Waals surface area contributed by atoms with Gasteiger partial charge in [-0.3, -0.25) is 4.90 Å². The van der Waals surface area contributed by atoms with Gasteiger partial charge in [-0.15, -0.1) is 24.8 Å². The summed E-state index contributed by atoms with van der Waals surface area (Å²) in [6.45, 7) is 6.29. The first-order valence-electron chi connectivity index (χ1n) is 6.79. The lowest BCUT2D eigenvalue weighted by Gasteiger charge is -2.35. The van der Waals surface area contributed by atoms with Gasteiger partial charge in [0.25, 0.3) is 0 Å². The van der Waals surface area contributed by atoms with Gasteiger partial charge >= 0.3 is 0 Å². The Morgan fingerprint density at radius 3 is 2.36 bits per heavy atom. The molecule has 2 N–H and O–H groups in total. The molecule has 4 nitrogen and oxygen atoms in total. The number of phenols is 1. The summed E-state index contributed by atoms with van der Waals surface area (Å²) >= 11 is 7.03. The Morgan fingerprint density at radius 1 is 1.27 bits per heavy atom. The summed E-state index contributed by atoms with van der Waals surface area (Å²) in [6.07, 6.45) is 1.01. The maximum absolute atomic E-state index is 10.0. The highest BCUT2D eigenvalue weighted by molar-refractivity contribution is 9.13. The van der Waals surface area contributed by atoms with Crippen molar-refractivity contribution in [3.63, 3.8) is 0 Å². The van der Waals surface area contributed by atoms with Gasteiger partial charge in [-0.05, 0) is 49.9 Å². The Morgan fingerprint density at radius 2 is 1.86 bits per heavy atom. The van der Waals surface area contributed by atoms with Gasteiger partial charge in [0.15, 0.2) is 11.5 Å². The molecule has 0 spiro atoms. The number of hydrogen-bond donors (Lipinski definition) is 2. The zero-order valence-electron chi connectivity index (χ0n) is 12.6. The molecule has 1 aromatic rings. The van der Waals surface area contributed by atoms with Crippen LogP contribution < -0.4 is 10.1 Å². The average molecular weight is 481 g/mol. The maximum Gasteiger partial charge on any atom is 0.173 e. The number of hydrogen-bond acceptors (Lipinski definition) is 4. The van der Waals surface area contributed by atoms with Gasteiger partial charge in [0.05, 0.1) is 11.6 Å². The highest BCUT2D eigenvalue weighted by Gasteiger charge is 2.25. The molecule has 0 bridgehead atoms. The molecule has 2 rings (SSSR count). The molecule has 1 aromatic carbocycles. The van der Waals surface area contributed by atoms with Crippen LogP contribution in [0.5, 0.6) is 11.5 Å². The largest absolute Gasteiger partial charge is 0.503 e. The second-order valence-electron chi connectivity index (χ2n) is 4.85. The number of nitrogens with zero attached hydrogens (tertiary/aromatic N) is 1. The van der Waals surface area contributed by atoms with Crippen LogP contribution in [0.4, 0.5) is 0 Å². The zero-order valence-corrected chi connectivity index (χ0v) is 17.4. The van der Waals surface area contributed by atoms with E-state index in [0.29, 0.717) is 16.3 Å². The van der Waals surface area contributed by atoms with Crippen LogP contribution in [0.2, 0.25) is 0 Å². The number of piperazine rings is 1. The fraction of sp³-hybridized carbons (Fsp3) is 0.571. The summed E-state index contributed by atoms with van der Waals surface area (Å²) in [7, 11) is 1.57. The molecule has 0 amide bonds. The first-order chi connectivity index (χ1) is 9.60. The zero-order chi connectivity index (χ0) is 14.7. The number of aromatic hydroxyl groups is 1. The first kappa shape index (κ1) is 22.3. The van der Waals surface area contributed by atoms with Gasteiger partial charge in [-0.25, -0.2) is 0 Å². The SMILES string of the molecule is CC[C@@H](c1cc(OC)c(O)c(Br)c1Br)N1CCNCC1.Cl.Cl. The van der Waals surface area contributed by atoms with Gasteiger partial charge < -0.3 is 15.2 Å². The Bertz CT molecular complexity index is 486. The molecule has 1 aliphatic heterocycles. The van der Waals surface area contributed by atoms with E-state index in [2.05, 4.69) is 49.0 Å². The summed E-state index contributed by atoms with van der Waals surface area (Å²) < 4.78 is 6.83. The molecule has 0 aliphatic carbocycles. The van der Waals surface area contributed by atoms with Crippen LogP contribution in [-0.4, -0.2) is 43.3 Å². The normalized spacial score (nSPS) is 16.4. The fourth-order valence-electron chi connectivity index (χ4n) is 2.68. The monoisotopic (exact) mass is 478 g/mol. The van der Waals surface area contributed by atoms with Gasteiger partial charge in [-0.2, -0.15) is 0 Å². The summed E-state index contributed by atoms with van der Waals surface area (Å²) in [5.41, 5.74) is 1.15. The van der Waals surface area contributed by atoms with E-state index in [1.54, 1.807) is 7.11 Å². The molecule has 0 aromatic heterocycles. The number of nitrogens with one attached hydrogen (secondary N) is 1. The van der Waals surface area contributed by atoms with Crippen molar-refractivity contribution >= 4 is 56.7 Å². The standard InChI is InChI=1S/C14H20Br2N2O2.2ClH/c1-3-10(18-6-4-17-5-7-18)9-8-11(20-2)14(19)13(16)12(9)15;;/h8,10,17,19H,3-7H2,1-2H3;2*1H/t10-;;/m0../s1. The van der Waals surface area contributed by atoms with Gasteiger partial charge in [-0.1, -0.05) is 6.92 Å². The van der Waals surface area contributed by atoms with Gasteiger partial charge in [0.2, 0.25) is 0 Å². The molecule has 0 saturated carbocycles. The Kier molecular flexibility index (Phi) is 10.3. The van der Waals surface area contributed by atoms with Crippen molar-refractivity contribution < 1.29 is 9.84 Å². The maximum atomic E-state index is 10.0. The van der Waals surface area contributed by atoms with Crippen molar-refractivity contribution in [3.05, 3.63) is 20.6 Å². The molecule has 1 heterocycles. The molecule has 8 heteroatoms. The fourth-order valence-corrected chi connectivity index (χ4v) is 3.67. The minimum Gasteiger partial charge on any atom is -0.503 e. The molecule has 1 aliphatic rings. The number of methoxy groups -OCH3 is 1. The van der Waals surface area contributed by atoms with Crippen LogP contribution in [0.1, 0.15) is 24.9 Å². The highest BCUT2D eigenvalue weighted by Crippen LogP contribution is 2.45. The van der Waals surface area contributed by atoms with E-state index in [9.17, 15) is 5.11 Å². The topological polar surface area (TPSA) is 44.7 Å². The summed E-state index contributed by atoms with van der Waals surface area (Å²) in [4.78, 5) is 2.47. The lowest BCUT2D eigenvalue weighted by molar-refractivity contribution is 0.168. The van der Waals surface area contributed by atoms with E-state index in [-0.39, 0.29) is 30.6 Å². The van der Waals surface area contributed by atoms with Crippen molar-refractivity contribution in [2.45, 2.75) is 19.4 Å². The van der Waals surface area contributed by atoms with Crippen LogP contribution in [-0.2, 0) is 0 Å². The van der Waals surface area contributed by atoms with Crippen LogP contribution >= 0.6 is 56.7 Å². The quantitative estimate of drug-likeness (QED) is 0.680. The first-order valence-corrected chi connectivity index (χ1v) is 8.38. The lowest BCUT2D eigenvalue weighted by Crippen LogP contribution is -2.45. The van der Waals surface area contributed by atoms with Crippen LogP contribution in [0.3, 0.4) is 0 Å². The van der Waals surface area contributed by atoms with Crippen LogP contribution in [0, 0.1) is 0 Å². The summed E-state index contributed by atoms with van der Waals surface area (Å²) in [5, 5.41) is 13.4. The van der Waals surface area contributed by atoms with E-state index in [1.165, 1.54) is 0 Å². The Balaban J connectivity index is 0.00000220. The second kappa shape index (κ2) is 10.2. The number of phenolic OH excluding ortho intramolecular Hbond substituents is 1. The van der Waals surface area contributed by atoms with Crippen molar-refractivity contribution in [1.82, 2.24) is 10.2 Å². The third kappa shape index (κ3) is 4.65. The number of ether oxygens (including phenoxy) is 1. The van der Waals surface area contributed by atoms with E-state index in [1.807, 2.05) is 6.07 Å². The lowest BCUT2D eigenvalue weighted by atomic mass is 10.0. The Hall–Kier alpha value is 0.280. The van der Waals surface area contributed by atoms with Crippen molar-refractivity contribution in [3.8, 4) is 11.5 Å². The predicted molar refractivity (Wildman–Crippen MR) is 102 cm³/mol. The van der Waals surface area contributed by atoms with Gasteiger partial charge in [0.1, 0.15) is 0 Å². The van der Waals surface area contributed by atoms with E-state index in [0.717, 1.165) is 42.6 Å². The third-order valence-electron chi connectivity index (χ3n) is 3.73. The number of rotatable bonds is 4. The number of halogens is 4.